The van der Waals surface area contributed by atoms with E-state index < -0.39 is 11.5 Å². The zero-order chi connectivity index (χ0) is 20.2. The quantitative estimate of drug-likeness (QED) is 0.388. The fraction of sp³-hybridized carbons (Fsp3) is 0.150. The van der Waals surface area contributed by atoms with Crippen LogP contribution in [0.1, 0.15) is 15.2 Å². The number of hydrogen-bond acceptors (Lipinski definition) is 8. The Morgan fingerprint density at radius 1 is 1.17 bits per heavy atom. The molecule has 3 aromatic heterocycles. The summed E-state index contributed by atoms with van der Waals surface area (Å²) in [6, 6.07) is 13.4. The Hall–Kier alpha value is -3.59. The Balaban J connectivity index is 1.32. The smallest absolute Gasteiger partial charge is 0.345 e. The van der Waals surface area contributed by atoms with Gasteiger partial charge in [0.2, 0.25) is 0 Å². The minimum Gasteiger partial charge on any atom is -0.460 e. The van der Waals surface area contributed by atoms with Crippen LogP contribution in [0.2, 0.25) is 0 Å². The first-order valence-corrected chi connectivity index (χ1v) is 9.71. The lowest BCUT2D eigenvalue weighted by molar-refractivity contribution is 0.0518. The van der Waals surface area contributed by atoms with Crippen molar-refractivity contribution in [2.24, 2.45) is 0 Å². The Morgan fingerprint density at radius 3 is 2.76 bits per heavy atom. The highest BCUT2D eigenvalue weighted by molar-refractivity contribution is 7.16. The van der Waals surface area contributed by atoms with E-state index in [4.69, 9.17) is 4.74 Å². The Morgan fingerprint density at radius 2 is 2.00 bits per heavy atom. The van der Waals surface area contributed by atoms with Gasteiger partial charge in [-0.2, -0.15) is 0 Å². The Labute approximate surface area is 169 Å². The topological polar surface area (TPSA) is 98.5 Å². The van der Waals surface area contributed by atoms with E-state index in [2.05, 4.69) is 20.5 Å². The molecule has 4 rings (SSSR count). The van der Waals surface area contributed by atoms with Crippen molar-refractivity contribution in [2.45, 2.75) is 6.92 Å². The first kappa shape index (κ1) is 18.8. The molecule has 4 aromatic rings. The molecule has 0 saturated heterocycles. The number of thiazole rings is 1. The summed E-state index contributed by atoms with van der Waals surface area (Å²) < 4.78 is 6.54. The maximum atomic E-state index is 12.4. The van der Waals surface area contributed by atoms with E-state index >= 15 is 0 Å². The normalized spacial score (nSPS) is 10.8. The first-order valence-electron chi connectivity index (χ1n) is 8.90. The van der Waals surface area contributed by atoms with Gasteiger partial charge in [0.1, 0.15) is 18.0 Å². The highest BCUT2D eigenvalue weighted by Crippen LogP contribution is 2.16. The fourth-order valence-electron chi connectivity index (χ4n) is 2.73. The van der Waals surface area contributed by atoms with Crippen LogP contribution >= 0.6 is 11.3 Å². The summed E-state index contributed by atoms with van der Waals surface area (Å²) in [6.45, 7) is 2.28. The molecule has 0 spiro atoms. The third-order valence-corrected chi connectivity index (χ3v) is 5.03. The average molecular weight is 407 g/mol. The van der Waals surface area contributed by atoms with Crippen molar-refractivity contribution < 1.29 is 9.53 Å². The lowest BCUT2D eigenvalue weighted by atomic mass is 10.1. The maximum Gasteiger partial charge on any atom is 0.345 e. The summed E-state index contributed by atoms with van der Waals surface area (Å²) in [5.41, 5.74) is 1.24. The number of fused-ring (bicyclic) bond motifs is 1. The number of carbonyl (C=O) groups is 1. The van der Waals surface area contributed by atoms with E-state index in [1.807, 2.05) is 43.3 Å². The molecule has 8 nitrogen and oxygen atoms in total. The van der Waals surface area contributed by atoms with Gasteiger partial charge in [0.25, 0.3) is 5.56 Å². The molecule has 0 radical (unpaired) electrons. The van der Waals surface area contributed by atoms with Gasteiger partial charge >= 0.3 is 5.97 Å². The van der Waals surface area contributed by atoms with Gasteiger partial charge in [-0.1, -0.05) is 30.3 Å². The molecular weight excluding hydrogens is 390 g/mol. The largest absolute Gasteiger partial charge is 0.460 e. The van der Waals surface area contributed by atoms with Crippen molar-refractivity contribution in [2.75, 3.05) is 18.5 Å². The molecule has 3 heterocycles. The molecule has 0 bridgehead atoms. The summed E-state index contributed by atoms with van der Waals surface area (Å²) >= 11 is 1.38. The second-order valence-electron chi connectivity index (χ2n) is 6.20. The van der Waals surface area contributed by atoms with E-state index in [-0.39, 0.29) is 12.2 Å². The summed E-state index contributed by atoms with van der Waals surface area (Å²) in [7, 11) is 0. The number of benzene rings is 1. The predicted molar refractivity (Wildman–Crippen MR) is 110 cm³/mol. The van der Waals surface area contributed by atoms with Gasteiger partial charge in [-0.3, -0.25) is 9.20 Å². The fourth-order valence-corrected chi connectivity index (χ4v) is 3.51. The Kier molecular flexibility index (Phi) is 5.30. The molecule has 0 aliphatic carbocycles. The van der Waals surface area contributed by atoms with Crippen LogP contribution in [0.3, 0.4) is 0 Å². The van der Waals surface area contributed by atoms with Crippen molar-refractivity contribution in [1.82, 2.24) is 19.6 Å². The molecule has 0 unspecified atom stereocenters. The SMILES string of the molecule is Cc1cn2c(=O)c(C(=O)OCCNc3ccc(-c4ccccc4)nn3)cnc2s1. The summed E-state index contributed by atoms with van der Waals surface area (Å²) in [5, 5.41) is 11.3. The second-order valence-corrected chi connectivity index (χ2v) is 7.42. The number of aryl methyl sites for hydroxylation is 1. The number of aromatic nitrogens is 4. The molecule has 9 heteroatoms. The standard InChI is InChI=1S/C20H17N5O3S/c1-13-12-25-18(26)15(11-22-20(25)29-13)19(27)28-10-9-21-17-8-7-16(23-24-17)14-5-3-2-4-6-14/h2-8,11-12H,9-10H2,1H3,(H,21,24). The first-order chi connectivity index (χ1) is 14.1. The molecule has 29 heavy (non-hydrogen) atoms. The molecule has 1 aromatic carbocycles. The predicted octanol–water partition coefficient (Wildman–Crippen LogP) is 2.79. The number of nitrogens with one attached hydrogen (secondary N) is 1. The zero-order valence-corrected chi connectivity index (χ0v) is 16.3. The van der Waals surface area contributed by atoms with Gasteiger partial charge in [-0.05, 0) is 19.1 Å². The van der Waals surface area contributed by atoms with Gasteiger partial charge in [0, 0.05) is 16.6 Å². The minimum absolute atomic E-state index is 0.0752. The van der Waals surface area contributed by atoms with Crippen molar-refractivity contribution in [3.8, 4) is 11.3 Å². The van der Waals surface area contributed by atoms with E-state index in [0.29, 0.717) is 17.3 Å². The van der Waals surface area contributed by atoms with Gasteiger partial charge in [-0.15, -0.1) is 21.5 Å². The number of esters is 1. The van der Waals surface area contributed by atoms with Crippen LogP contribution in [0, 0.1) is 6.92 Å². The monoisotopic (exact) mass is 407 g/mol. The van der Waals surface area contributed by atoms with Crippen LogP contribution < -0.4 is 10.9 Å². The maximum absolute atomic E-state index is 12.4. The minimum atomic E-state index is -0.701. The van der Waals surface area contributed by atoms with Crippen LogP contribution in [-0.4, -0.2) is 38.7 Å². The molecule has 0 amide bonds. The van der Waals surface area contributed by atoms with E-state index in [1.54, 1.807) is 12.3 Å². The van der Waals surface area contributed by atoms with E-state index in [1.165, 1.54) is 21.9 Å². The van der Waals surface area contributed by atoms with Crippen molar-refractivity contribution >= 4 is 28.1 Å². The highest BCUT2D eigenvalue weighted by Gasteiger charge is 2.15. The number of ether oxygens (including phenoxy) is 1. The zero-order valence-electron chi connectivity index (χ0n) is 15.5. The number of anilines is 1. The van der Waals surface area contributed by atoms with Crippen molar-refractivity contribution in [3.63, 3.8) is 0 Å². The van der Waals surface area contributed by atoms with Crippen LogP contribution in [-0.2, 0) is 4.74 Å². The van der Waals surface area contributed by atoms with Crippen LogP contribution in [0.5, 0.6) is 0 Å². The molecule has 0 atom stereocenters. The molecular formula is C20H17N5O3S. The third kappa shape index (κ3) is 4.14. The summed E-state index contributed by atoms with van der Waals surface area (Å²) in [4.78, 5) is 30.2. The van der Waals surface area contributed by atoms with Crippen LogP contribution in [0.25, 0.3) is 16.2 Å². The lowest BCUT2D eigenvalue weighted by Crippen LogP contribution is -2.24. The second kappa shape index (κ2) is 8.19. The van der Waals surface area contributed by atoms with Gasteiger partial charge < -0.3 is 10.1 Å². The average Bonchev–Trinajstić information content (AvgIpc) is 3.14. The molecule has 0 aliphatic heterocycles. The molecule has 1 N–H and O–H groups in total. The van der Waals surface area contributed by atoms with Crippen LogP contribution in [0.4, 0.5) is 5.82 Å². The van der Waals surface area contributed by atoms with Crippen LogP contribution in [0.15, 0.2) is 59.7 Å². The molecule has 0 saturated carbocycles. The van der Waals surface area contributed by atoms with Crippen molar-refractivity contribution in [3.05, 3.63) is 75.7 Å². The number of hydrogen-bond donors (Lipinski definition) is 1. The van der Waals surface area contributed by atoms with E-state index in [9.17, 15) is 9.59 Å². The van der Waals surface area contributed by atoms with Gasteiger partial charge in [0.05, 0.1) is 18.4 Å². The molecule has 146 valence electrons. The molecule has 0 aliphatic rings. The lowest BCUT2D eigenvalue weighted by Gasteiger charge is -2.07. The molecule has 0 fully saturated rings. The number of rotatable bonds is 6. The highest BCUT2D eigenvalue weighted by atomic mass is 32.1. The van der Waals surface area contributed by atoms with Crippen molar-refractivity contribution in [1.29, 1.82) is 0 Å². The summed E-state index contributed by atoms with van der Waals surface area (Å²) in [5.74, 6) is -0.134. The number of carbonyl (C=O) groups excluding carboxylic acids is 1. The number of nitrogens with zero attached hydrogens (tertiary/aromatic N) is 4. The van der Waals surface area contributed by atoms with Gasteiger partial charge in [-0.25, -0.2) is 9.78 Å². The van der Waals surface area contributed by atoms with E-state index in [0.717, 1.165) is 16.1 Å². The van der Waals surface area contributed by atoms with Gasteiger partial charge in [0.15, 0.2) is 4.96 Å². The summed E-state index contributed by atoms with van der Waals surface area (Å²) in [6.07, 6.45) is 2.92. The Bertz CT molecular complexity index is 1200. The third-order valence-electron chi connectivity index (χ3n) is 4.12.